The van der Waals surface area contributed by atoms with Gasteiger partial charge in [0, 0.05) is 23.6 Å². The number of benzene rings is 3. The summed E-state index contributed by atoms with van der Waals surface area (Å²) < 4.78 is 5.57. The van der Waals surface area contributed by atoms with Crippen LogP contribution in [0.1, 0.15) is 39.9 Å². The second kappa shape index (κ2) is 10.5. The van der Waals surface area contributed by atoms with Gasteiger partial charge in [0.1, 0.15) is 0 Å². The third kappa shape index (κ3) is 5.50. The van der Waals surface area contributed by atoms with Crippen LogP contribution in [0.5, 0.6) is 0 Å². The van der Waals surface area contributed by atoms with Crippen LogP contribution >= 0.6 is 11.8 Å². The molecule has 35 heavy (non-hydrogen) atoms. The van der Waals surface area contributed by atoms with Crippen molar-refractivity contribution in [1.29, 1.82) is 0 Å². The molecule has 1 saturated heterocycles. The molecule has 0 saturated carbocycles. The molecule has 2 heterocycles. The van der Waals surface area contributed by atoms with E-state index in [1.54, 1.807) is 12.1 Å². The molecule has 5 nitrogen and oxygen atoms in total. The summed E-state index contributed by atoms with van der Waals surface area (Å²) in [5.74, 6) is -0.130. The average molecular weight is 485 g/mol. The third-order valence-corrected chi connectivity index (χ3v) is 7.32. The normalized spacial score (nSPS) is 18.5. The van der Waals surface area contributed by atoms with Crippen molar-refractivity contribution in [2.75, 3.05) is 18.1 Å². The Kier molecular flexibility index (Phi) is 7.02. The van der Waals surface area contributed by atoms with Crippen LogP contribution in [-0.4, -0.2) is 31.1 Å². The number of fused-ring (bicyclic) bond motifs is 1. The number of amides is 2. The van der Waals surface area contributed by atoms with E-state index >= 15 is 0 Å². The molecule has 0 radical (unpaired) electrons. The summed E-state index contributed by atoms with van der Waals surface area (Å²) in [6.45, 7) is 3.88. The minimum Gasteiger partial charge on any atom is -0.376 e. The highest BCUT2D eigenvalue weighted by Crippen LogP contribution is 2.42. The van der Waals surface area contributed by atoms with Gasteiger partial charge in [-0.25, -0.2) is 0 Å². The summed E-state index contributed by atoms with van der Waals surface area (Å²) in [4.78, 5) is 29.6. The van der Waals surface area contributed by atoms with Gasteiger partial charge in [-0.2, -0.15) is 0 Å². The zero-order valence-corrected chi connectivity index (χ0v) is 20.5. The Morgan fingerprint density at radius 1 is 1.11 bits per heavy atom. The number of hydrogen-bond acceptors (Lipinski definition) is 4. The molecule has 1 N–H and O–H groups in total. The molecule has 5 rings (SSSR count). The fourth-order valence-electron chi connectivity index (χ4n) is 4.41. The van der Waals surface area contributed by atoms with Gasteiger partial charge in [0.15, 0.2) is 0 Å². The fourth-order valence-corrected chi connectivity index (χ4v) is 5.47. The quantitative estimate of drug-likeness (QED) is 0.464. The summed E-state index contributed by atoms with van der Waals surface area (Å²) in [6.07, 6.45) is 4.05. The highest BCUT2D eigenvalue weighted by atomic mass is 32.2. The number of rotatable bonds is 6. The maximum atomic E-state index is 13.5. The molecule has 2 aliphatic rings. The Hall–Kier alpha value is -3.35. The standard InChI is InChI=1S/C29H28N2O3S/c1-20-6-4-7-22(16-20)19-31-25-9-2-3-10-26(25)35-27(29(31)33)17-21-11-13-23(14-12-21)28(32)30-18-24-8-5-15-34-24/h2-4,6-7,9-14,16-17,24H,5,8,15,18-19H2,1H3,(H,30,32). The van der Waals surface area contributed by atoms with Crippen molar-refractivity contribution in [3.63, 3.8) is 0 Å². The van der Waals surface area contributed by atoms with Gasteiger partial charge in [0.2, 0.25) is 0 Å². The van der Waals surface area contributed by atoms with Crippen LogP contribution in [0, 0.1) is 6.92 Å². The van der Waals surface area contributed by atoms with Crippen LogP contribution in [-0.2, 0) is 16.1 Å². The molecule has 0 aliphatic carbocycles. The van der Waals surface area contributed by atoms with Gasteiger partial charge in [-0.3, -0.25) is 9.59 Å². The molecule has 0 bridgehead atoms. The first kappa shape index (κ1) is 23.4. The van der Waals surface area contributed by atoms with Gasteiger partial charge in [-0.1, -0.05) is 65.9 Å². The van der Waals surface area contributed by atoms with Crippen LogP contribution in [0.4, 0.5) is 5.69 Å². The largest absolute Gasteiger partial charge is 0.376 e. The topological polar surface area (TPSA) is 58.6 Å². The number of para-hydroxylation sites is 1. The summed E-state index contributed by atoms with van der Waals surface area (Å²) in [7, 11) is 0. The first-order valence-corrected chi connectivity index (χ1v) is 12.7. The molecule has 2 aliphatic heterocycles. The smallest absolute Gasteiger partial charge is 0.265 e. The van der Waals surface area contributed by atoms with Crippen LogP contribution in [0.25, 0.3) is 6.08 Å². The van der Waals surface area contributed by atoms with Gasteiger partial charge >= 0.3 is 0 Å². The van der Waals surface area contributed by atoms with Gasteiger partial charge in [-0.05, 0) is 61.2 Å². The van der Waals surface area contributed by atoms with Crippen molar-refractivity contribution < 1.29 is 14.3 Å². The predicted octanol–water partition coefficient (Wildman–Crippen LogP) is 5.58. The maximum absolute atomic E-state index is 13.5. The van der Waals surface area contributed by atoms with E-state index in [0.29, 0.717) is 23.6 Å². The average Bonchev–Trinajstić information content (AvgIpc) is 3.39. The molecule has 3 aromatic rings. The van der Waals surface area contributed by atoms with Crippen LogP contribution in [0.15, 0.2) is 82.6 Å². The molecule has 178 valence electrons. The first-order valence-electron chi connectivity index (χ1n) is 11.9. The second-order valence-corrected chi connectivity index (χ2v) is 10.0. The summed E-state index contributed by atoms with van der Waals surface area (Å²) >= 11 is 1.49. The van der Waals surface area contributed by atoms with E-state index in [1.807, 2.05) is 53.4 Å². The zero-order valence-electron chi connectivity index (χ0n) is 19.7. The fraction of sp³-hybridized carbons (Fsp3) is 0.241. The van der Waals surface area contributed by atoms with E-state index < -0.39 is 0 Å². The lowest BCUT2D eigenvalue weighted by atomic mass is 10.1. The van der Waals surface area contributed by atoms with Gasteiger partial charge < -0.3 is 15.0 Å². The Bertz CT molecular complexity index is 1260. The minimum atomic E-state index is -0.110. The van der Waals surface area contributed by atoms with Crippen molar-refractivity contribution in [2.24, 2.45) is 0 Å². The number of hydrogen-bond donors (Lipinski definition) is 1. The van der Waals surface area contributed by atoms with E-state index in [-0.39, 0.29) is 17.9 Å². The summed E-state index contributed by atoms with van der Waals surface area (Å²) in [5, 5.41) is 2.95. The summed E-state index contributed by atoms with van der Waals surface area (Å²) in [6, 6.07) is 23.6. The number of carbonyl (C=O) groups is 2. The van der Waals surface area contributed by atoms with Gasteiger partial charge in [0.25, 0.3) is 11.8 Å². The highest BCUT2D eigenvalue weighted by Gasteiger charge is 2.29. The lowest BCUT2D eigenvalue weighted by molar-refractivity contribution is -0.114. The van der Waals surface area contributed by atoms with Crippen LogP contribution in [0.2, 0.25) is 0 Å². The summed E-state index contributed by atoms with van der Waals surface area (Å²) in [5.41, 5.74) is 4.67. The second-order valence-electron chi connectivity index (χ2n) is 8.93. The number of nitrogens with zero attached hydrogens (tertiary/aromatic N) is 1. The van der Waals surface area contributed by atoms with Crippen molar-refractivity contribution >= 4 is 35.3 Å². The SMILES string of the molecule is Cc1cccc(CN2C(=O)C(=Cc3ccc(C(=O)NCC4CCCO4)cc3)Sc3ccccc32)c1. The Balaban J connectivity index is 1.34. The highest BCUT2D eigenvalue weighted by molar-refractivity contribution is 8.04. The third-order valence-electron chi connectivity index (χ3n) is 6.24. The van der Waals surface area contributed by atoms with E-state index in [4.69, 9.17) is 4.74 Å². The van der Waals surface area contributed by atoms with Gasteiger partial charge in [-0.15, -0.1) is 0 Å². The molecule has 0 aromatic heterocycles. The maximum Gasteiger partial charge on any atom is 0.265 e. The van der Waals surface area contributed by atoms with Crippen LogP contribution in [0.3, 0.4) is 0 Å². The van der Waals surface area contributed by atoms with Crippen molar-refractivity contribution in [3.8, 4) is 0 Å². The first-order chi connectivity index (χ1) is 17.1. The monoisotopic (exact) mass is 484 g/mol. The Morgan fingerprint density at radius 2 is 1.94 bits per heavy atom. The molecule has 2 amide bonds. The van der Waals surface area contributed by atoms with E-state index in [0.717, 1.165) is 41.2 Å². The lowest BCUT2D eigenvalue weighted by Crippen LogP contribution is -2.33. The molecular formula is C29H28N2O3S. The molecule has 0 spiro atoms. The number of nitrogens with one attached hydrogen (secondary N) is 1. The molecular weight excluding hydrogens is 456 g/mol. The number of aryl methyl sites for hydroxylation is 1. The number of ether oxygens (including phenoxy) is 1. The van der Waals surface area contributed by atoms with E-state index in [2.05, 4.69) is 30.4 Å². The Labute approximate surface area is 210 Å². The van der Waals surface area contributed by atoms with Crippen molar-refractivity contribution in [1.82, 2.24) is 5.32 Å². The van der Waals surface area contributed by atoms with Crippen LogP contribution < -0.4 is 10.2 Å². The molecule has 1 atom stereocenters. The molecule has 3 aromatic carbocycles. The predicted molar refractivity (Wildman–Crippen MR) is 140 cm³/mol. The molecule has 1 fully saturated rings. The number of thioether (sulfide) groups is 1. The van der Waals surface area contributed by atoms with Gasteiger partial charge in [0.05, 0.1) is 23.2 Å². The zero-order chi connectivity index (χ0) is 24.2. The van der Waals surface area contributed by atoms with E-state index in [9.17, 15) is 9.59 Å². The van der Waals surface area contributed by atoms with Crippen molar-refractivity contribution in [2.45, 2.75) is 37.3 Å². The number of carbonyl (C=O) groups excluding carboxylic acids is 2. The van der Waals surface area contributed by atoms with E-state index in [1.165, 1.54) is 17.3 Å². The molecule has 1 unspecified atom stereocenters. The number of anilines is 1. The lowest BCUT2D eigenvalue weighted by Gasteiger charge is -2.30. The Morgan fingerprint density at radius 3 is 2.71 bits per heavy atom. The minimum absolute atomic E-state index is 0.0198. The molecule has 6 heteroatoms. The van der Waals surface area contributed by atoms with Crippen molar-refractivity contribution in [3.05, 3.63) is 100.0 Å².